The minimum atomic E-state index is -0.714. The Morgan fingerprint density at radius 3 is 2.71 bits per heavy atom. The first-order valence-electron chi connectivity index (χ1n) is 12.2. The van der Waals surface area contributed by atoms with Crippen molar-refractivity contribution in [1.29, 1.82) is 0 Å². The zero-order valence-electron chi connectivity index (χ0n) is 21.8. The van der Waals surface area contributed by atoms with Crippen molar-refractivity contribution in [2.24, 2.45) is 0 Å². The molecule has 3 aromatic heterocycles. The molecule has 0 aliphatic carbocycles. The third-order valence-corrected chi connectivity index (χ3v) is 6.49. The van der Waals surface area contributed by atoms with Crippen LogP contribution in [0.4, 0.5) is 22.1 Å². The minimum Gasteiger partial charge on any atom is -0.481 e. The predicted octanol–water partition coefficient (Wildman–Crippen LogP) is 3.68. The first-order valence-corrected chi connectivity index (χ1v) is 12.2. The molecule has 1 aromatic carbocycles. The second-order valence-corrected chi connectivity index (χ2v) is 9.89. The van der Waals surface area contributed by atoms with Crippen molar-refractivity contribution in [3.63, 3.8) is 0 Å². The maximum absolute atomic E-state index is 12.7. The molecule has 0 saturated carbocycles. The molecule has 4 aromatic rings. The monoisotopic (exact) mass is 513 g/mol. The average molecular weight is 514 g/mol. The Balaban J connectivity index is 1.33. The number of carbonyl (C=O) groups is 1. The molecule has 0 atom stereocenters. The molecule has 2 aliphatic rings. The Morgan fingerprint density at radius 2 is 1.95 bits per heavy atom. The molecule has 2 aliphatic heterocycles. The van der Waals surface area contributed by atoms with Gasteiger partial charge in [-0.2, -0.15) is 0 Å². The number of hydrogen-bond donors (Lipinski definition) is 1. The number of benzene rings is 1. The first-order chi connectivity index (χ1) is 18.2. The highest BCUT2D eigenvalue weighted by atomic mass is 16.5. The standard InChI is InChI=1S/C26H27N9O3/c1-15-12-29-32-35(15)17-6-7-18-19-14-28-24(31-22(19)26(2,3)38-21(18)11-17)30-16-10-20-23(27-13-16)37-9-8-34(20)25(36)33(4)5/h6-7,10-14H,8-9H2,1-5H3,(H,28,30,31). The van der Waals surface area contributed by atoms with Gasteiger partial charge >= 0.3 is 6.03 Å². The summed E-state index contributed by atoms with van der Waals surface area (Å²) in [6, 6.07) is 7.59. The van der Waals surface area contributed by atoms with Crippen LogP contribution in [-0.2, 0) is 5.60 Å². The van der Waals surface area contributed by atoms with Crippen LogP contribution in [0.25, 0.3) is 16.8 Å². The second kappa shape index (κ2) is 8.68. The average Bonchev–Trinajstić information content (AvgIpc) is 3.33. The van der Waals surface area contributed by atoms with Crippen LogP contribution in [-0.4, -0.2) is 68.1 Å². The van der Waals surface area contributed by atoms with Crippen molar-refractivity contribution in [2.45, 2.75) is 26.4 Å². The Bertz CT molecular complexity index is 1560. The van der Waals surface area contributed by atoms with Crippen LogP contribution in [0.2, 0.25) is 0 Å². The van der Waals surface area contributed by atoms with Gasteiger partial charge in [0, 0.05) is 37.5 Å². The van der Waals surface area contributed by atoms with Gasteiger partial charge in [0.25, 0.3) is 0 Å². The van der Waals surface area contributed by atoms with Crippen LogP contribution in [0, 0.1) is 6.92 Å². The predicted molar refractivity (Wildman–Crippen MR) is 140 cm³/mol. The summed E-state index contributed by atoms with van der Waals surface area (Å²) in [5, 5.41) is 11.4. The highest BCUT2D eigenvalue weighted by molar-refractivity contribution is 5.94. The van der Waals surface area contributed by atoms with E-state index in [-0.39, 0.29) is 6.03 Å². The summed E-state index contributed by atoms with van der Waals surface area (Å²) >= 11 is 0. The minimum absolute atomic E-state index is 0.141. The largest absolute Gasteiger partial charge is 0.481 e. The molecule has 12 nitrogen and oxygen atoms in total. The van der Waals surface area contributed by atoms with Crippen LogP contribution in [0.15, 0.2) is 42.9 Å². The smallest absolute Gasteiger partial charge is 0.324 e. The van der Waals surface area contributed by atoms with E-state index in [9.17, 15) is 4.79 Å². The van der Waals surface area contributed by atoms with E-state index in [0.717, 1.165) is 34.0 Å². The van der Waals surface area contributed by atoms with Gasteiger partial charge in [-0.3, -0.25) is 4.90 Å². The van der Waals surface area contributed by atoms with Crippen LogP contribution in [0.1, 0.15) is 25.2 Å². The Kier molecular flexibility index (Phi) is 5.40. The Labute approximate surface area is 219 Å². The van der Waals surface area contributed by atoms with Gasteiger partial charge in [-0.05, 0) is 39.0 Å². The number of aromatic nitrogens is 6. The number of nitrogens with zero attached hydrogens (tertiary/aromatic N) is 8. The van der Waals surface area contributed by atoms with Crippen molar-refractivity contribution in [1.82, 2.24) is 34.8 Å². The van der Waals surface area contributed by atoms with E-state index in [1.165, 1.54) is 4.90 Å². The number of amides is 2. The summed E-state index contributed by atoms with van der Waals surface area (Å²) < 4.78 is 13.8. The molecule has 12 heteroatoms. The lowest BCUT2D eigenvalue weighted by Gasteiger charge is -2.34. The number of rotatable bonds is 3. The molecule has 194 valence electrons. The van der Waals surface area contributed by atoms with E-state index < -0.39 is 5.60 Å². The highest BCUT2D eigenvalue weighted by Crippen LogP contribution is 2.45. The molecular formula is C26H27N9O3. The number of fused-ring (bicyclic) bond motifs is 4. The molecular weight excluding hydrogens is 486 g/mol. The molecule has 6 rings (SSSR count). The van der Waals surface area contributed by atoms with E-state index in [0.29, 0.717) is 36.4 Å². The van der Waals surface area contributed by atoms with Gasteiger partial charge in [0.15, 0.2) is 0 Å². The summed E-state index contributed by atoms with van der Waals surface area (Å²) in [5.74, 6) is 1.53. The summed E-state index contributed by atoms with van der Waals surface area (Å²) in [7, 11) is 3.43. The quantitative estimate of drug-likeness (QED) is 0.437. The van der Waals surface area contributed by atoms with Crippen molar-refractivity contribution < 1.29 is 14.3 Å². The lowest BCUT2D eigenvalue weighted by Crippen LogP contribution is -2.43. The number of urea groups is 1. The van der Waals surface area contributed by atoms with Gasteiger partial charge in [-0.15, -0.1) is 5.10 Å². The van der Waals surface area contributed by atoms with Crippen molar-refractivity contribution in [3.8, 4) is 28.4 Å². The summed E-state index contributed by atoms with van der Waals surface area (Å²) in [6.45, 7) is 6.72. The number of ether oxygens (including phenoxy) is 2. The van der Waals surface area contributed by atoms with Crippen LogP contribution < -0.4 is 19.7 Å². The zero-order chi connectivity index (χ0) is 26.6. The van der Waals surface area contributed by atoms with E-state index in [4.69, 9.17) is 14.5 Å². The van der Waals surface area contributed by atoms with E-state index in [1.807, 2.05) is 45.0 Å². The van der Waals surface area contributed by atoms with Gasteiger partial charge in [0.1, 0.15) is 23.6 Å². The van der Waals surface area contributed by atoms with Crippen molar-refractivity contribution in [3.05, 3.63) is 54.2 Å². The molecule has 1 N–H and O–H groups in total. The van der Waals surface area contributed by atoms with E-state index >= 15 is 0 Å². The molecule has 2 amide bonds. The molecule has 0 spiro atoms. The number of anilines is 3. The van der Waals surface area contributed by atoms with Crippen LogP contribution in [0.5, 0.6) is 11.6 Å². The molecule has 0 unspecified atom stereocenters. The van der Waals surface area contributed by atoms with Crippen molar-refractivity contribution in [2.75, 3.05) is 37.5 Å². The first kappa shape index (κ1) is 23.6. The maximum Gasteiger partial charge on any atom is 0.324 e. The number of nitrogens with one attached hydrogen (secondary N) is 1. The zero-order valence-corrected chi connectivity index (χ0v) is 21.8. The van der Waals surface area contributed by atoms with Gasteiger partial charge in [0.2, 0.25) is 11.8 Å². The summed E-state index contributed by atoms with van der Waals surface area (Å²) in [6.07, 6.45) is 5.14. The van der Waals surface area contributed by atoms with Crippen molar-refractivity contribution >= 4 is 23.4 Å². The lowest BCUT2D eigenvalue weighted by molar-refractivity contribution is 0.100. The third kappa shape index (κ3) is 3.94. The normalized spacial score (nSPS) is 14.9. The lowest BCUT2D eigenvalue weighted by atomic mass is 9.91. The fourth-order valence-electron chi connectivity index (χ4n) is 4.65. The highest BCUT2D eigenvalue weighted by Gasteiger charge is 2.35. The SMILES string of the molecule is Cc1cnnn1-c1ccc2c(c1)OC(C)(C)c1nc(Nc3cnc4c(c3)N(C(=O)N(C)C)CCO4)ncc1-2. The van der Waals surface area contributed by atoms with Gasteiger partial charge in [-0.25, -0.2) is 24.4 Å². The number of carbonyl (C=O) groups excluding carboxylic acids is 1. The molecule has 0 fully saturated rings. The molecule has 5 heterocycles. The van der Waals surface area contributed by atoms with Gasteiger partial charge < -0.3 is 19.7 Å². The molecule has 0 radical (unpaired) electrons. The summed E-state index contributed by atoms with van der Waals surface area (Å²) in [4.78, 5) is 29.6. The number of aryl methyl sites for hydroxylation is 1. The van der Waals surface area contributed by atoms with Crippen LogP contribution in [0.3, 0.4) is 0 Å². The topological polar surface area (TPSA) is 123 Å². The maximum atomic E-state index is 12.7. The van der Waals surface area contributed by atoms with Gasteiger partial charge in [-0.1, -0.05) is 5.21 Å². The summed E-state index contributed by atoms with van der Waals surface area (Å²) in [5.41, 5.74) is 4.85. The Hall–Kier alpha value is -4.74. The second-order valence-electron chi connectivity index (χ2n) is 9.89. The molecule has 0 saturated heterocycles. The fourth-order valence-corrected chi connectivity index (χ4v) is 4.65. The van der Waals surface area contributed by atoms with E-state index in [2.05, 4.69) is 25.6 Å². The number of hydrogen-bond acceptors (Lipinski definition) is 9. The van der Waals surface area contributed by atoms with E-state index in [1.54, 1.807) is 42.3 Å². The number of pyridine rings is 1. The molecule has 38 heavy (non-hydrogen) atoms. The van der Waals surface area contributed by atoms with Gasteiger partial charge in [0.05, 0.1) is 41.7 Å². The van der Waals surface area contributed by atoms with Crippen LogP contribution >= 0.6 is 0 Å². The Morgan fingerprint density at radius 1 is 1.11 bits per heavy atom. The third-order valence-electron chi connectivity index (χ3n) is 6.49. The fraction of sp³-hybridized carbons (Fsp3) is 0.308. The molecule has 0 bridgehead atoms.